The van der Waals surface area contributed by atoms with Gasteiger partial charge in [-0.1, -0.05) is 67.4 Å². The average Bonchev–Trinajstić information content (AvgIpc) is 2.73. The molecule has 0 amide bonds. The van der Waals surface area contributed by atoms with Crippen LogP contribution >= 0.6 is 0 Å². The van der Waals surface area contributed by atoms with E-state index in [2.05, 4.69) is 77.0 Å². The average molecular weight is 354 g/mol. The number of hydrogen-bond acceptors (Lipinski definition) is 2. The Kier molecular flexibility index (Phi) is 5.64. The number of aryl methyl sites for hydroxylation is 1. The predicted octanol–water partition coefficient (Wildman–Crippen LogP) is 6.60. The number of hydrogen-bond donors (Lipinski definition) is 1. The third kappa shape index (κ3) is 4.28. The van der Waals surface area contributed by atoms with E-state index in [1.807, 2.05) is 12.3 Å². The molecule has 0 saturated heterocycles. The first kappa shape index (κ1) is 17.5. The maximum absolute atomic E-state index is 4.40. The lowest BCUT2D eigenvalue weighted by Gasteiger charge is -2.14. The Labute approximate surface area is 161 Å². The molecule has 0 aliphatic carbocycles. The molecule has 0 spiro atoms. The molecule has 1 aromatic heterocycles. The van der Waals surface area contributed by atoms with Crippen LogP contribution in [0.2, 0.25) is 0 Å². The topological polar surface area (TPSA) is 24.9 Å². The van der Waals surface area contributed by atoms with Crippen LogP contribution < -0.4 is 5.32 Å². The molecule has 0 bridgehead atoms. The molecule has 0 aliphatic heterocycles. The van der Waals surface area contributed by atoms with Gasteiger partial charge in [0.25, 0.3) is 0 Å². The fourth-order valence-electron chi connectivity index (χ4n) is 3.75. The van der Waals surface area contributed by atoms with Crippen molar-refractivity contribution in [3.8, 4) is 0 Å². The Balaban J connectivity index is 1.34. The molecule has 1 N–H and O–H groups in total. The van der Waals surface area contributed by atoms with Gasteiger partial charge in [0.1, 0.15) is 0 Å². The molecule has 1 heterocycles. The molecule has 3 aromatic carbocycles. The zero-order valence-electron chi connectivity index (χ0n) is 15.7. The highest BCUT2D eigenvalue weighted by Gasteiger charge is 2.06. The van der Waals surface area contributed by atoms with Gasteiger partial charge in [-0.15, -0.1) is 0 Å². The maximum Gasteiger partial charge on any atom is 0.0499 e. The SMILES string of the molecule is c1ccc(CCCCCCNc2c3ccccc3cc3ccccc23)nc1. The normalized spacial score (nSPS) is 11.1. The number of pyridine rings is 1. The Hall–Kier alpha value is -2.87. The summed E-state index contributed by atoms with van der Waals surface area (Å²) >= 11 is 0. The first-order chi connectivity index (χ1) is 13.4. The number of aromatic nitrogens is 1. The predicted molar refractivity (Wildman–Crippen MR) is 116 cm³/mol. The van der Waals surface area contributed by atoms with Crippen LogP contribution in [0.5, 0.6) is 0 Å². The molecule has 0 aliphatic rings. The van der Waals surface area contributed by atoms with Crippen molar-refractivity contribution >= 4 is 27.2 Å². The number of anilines is 1. The van der Waals surface area contributed by atoms with Crippen LogP contribution in [0.1, 0.15) is 31.4 Å². The number of unbranched alkanes of at least 4 members (excludes halogenated alkanes) is 3. The standard InChI is InChI=1S/C25H26N2/c1(3-13-22-14-8-10-17-26-22)2-9-18-27-25-23-15-6-4-11-20(23)19-21-12-5-7-16-24(21)25/h4-8,10-12,14-17,19,27H,1-3,9,13,18H2. The van der Waals surface area contributed by atoms with Gasteiger partial charge in [-0.25, -0.2) is 0 Å². The lowest BCUT2D eigenvalue weighted by molar-refractivity contribution is 0.649. The van der Waals surface area contributed by atoms with Gasteiger partial charge in [-0.3, -0.25) is 4.98 Å². The van der Waals surface area contributed by atoms with Crippen molar-refractivity contribution < 1.29 is 0 Å². The Bertz CT molecular complexity index is 954. The first-order valence-electron chi connectivity index (χ1n) is 9.96. The third-order valence-electron chi connectivity index (χ3n) is 5.16. The second-order valence-electron chi connectivity index (χ2n) is 7.11. The Morgan fingerprint density at radius 1 is 0.667 bits per heavy atom. The smallest absolute Gasteiger partial charge is 0.0499 e. The molecule has 0 fully saturated rings. The van der Waals surface area contributed by atoms with Crippen LogP contribution in [0.4, 0.5) is 5.69 Å². The molecule has 0 saturated carbocycles. The largest absolute Gasteiger partial charge is 0.384 e. The van der Waals surface area contributed by atoms with E-state index in [0.29, 0.717) is 0 Å². The van der Waals surface area contributed by atoms with E-state index in [9.17, 15) is 0 Å². The van der Waals surface area contributed by atoms with Crippen molar-refractivity contribution in [1.29, 1.82) is 0 Å². The molecular weight excluding hydrogens is 328 g/mol. The van der Waals surface area contributed by atoms with Gasteiger partial charge in [0, 0.05) is 34.9 Å². The molecule has 27 heavy (non-hydrogen) atoms. The summed E-state index contributed by atoms with van der Waals surface area (Å²) in [6.45, 7) is 1.02. The van der Waals surface area contributed by atoms with Gasteiger partial charge in [-0.05, 0) is 48.2 Å². The van der Waals surface area contributed by atoms with Gasteiger partial charge >= 0.3 is 0 Å². The number of nitrogens with zero attached hydrogens (tertiary/aromatic N) is 1. The summed E-state index contributed by atoms with van der Waals surface area (Å²) in [5, 5.41) is 8.95. The van der Waals surface area contributed by atoms with E-state index in [4.69, 9.17) is 0 Å². The highest BCUT2D eigenvalue weighted by Crippen LogP contribution is 2.32. The summed E-state index contributed by atoms with van der Waals surface area (Å²) in [7, 11) is 0. The molecule has 4 aromatic rings. The highest BCUT2D eigenvalue weighted by atomic mass is 14.9. The summed E-state index contributed by atoms with van der Waals surface area (Å²) < 4.78 is 0. The fraction of sp³-hybridized carbons (Fsp3) is 0.240. The Morgan fingerprint density at radius 3 is 2.04 bits per heavy atom. The van der Waals surface area contributed by atoms with Crippen molar-refractivity contribution in [2.45, 2.75) is 32.1 Å². The second kappa shape index (κ2) is 8.68. The van der Waals surface area contributed by atoms with Crippen LogP contribution in [-0.4, -0.2) is 11.5 Å². The molecule has 136 valence electrons. The third-order valence-corrected chi connectivity index (χ3v) is 5.16. The molecule has 2 nitrogen and oxygen atoms in total. The van der Waals surface area contributed by atoms with Gasteiger partial charge in [-0.2, -0.15) is 0 Å². The maximum atomic E-state index is 4.40. The van der Waals surface area contributed by atoms with Crippen LogP contribution in [0.3, 0.4) is 0 Å². The van der Waals surface area contributed by atoms with Crippen molar-refractivity contribution in [3.05, 3.63) is 84.7 Å². The molecule has 4 rings (SSSR count). The highest BCUT2D eigenvalue weighted by molar-refractivity contribution is 6.10. The summed E-state index contributed by atoms with van der Waals surface area (Å²) in [6.07, 6.45) is 7.89. The van der Waals surface area contributed by atoms with E-state index >= 15 is 0 Å². The minimum atomic E-state index is 1.02. The fourth-order valence-corrected chi connectivity index (χ4v) is 3.75. The summed E-state index contributed by atoms with van der Waals surface area (Å²) in [4.78, 5) is 4.40. The second-order valence-corrected chi connectivity index (χ2v) is 7.11. The lowest BCUT2D eigenvalue weighted by Crippen LogP contribution is -2.03. The molecular formula is C25H26N2. The first-order valence-corrected chi connectivity index (χ1v) is 9.96. The number of nitrogens with one attached hydrogen (secondary N) is 1. The minimum Gasteiger partial charge on any atom is -0.384 e. The van der Waals surface area contributed by atoms with Crippen LogP contribution in [0.25, 0.3) is 21.5 Å². The zero-order chi connectivity index (χ0) is 18.3. The number of rotatable bonds is 8. The van der Waals surface area contributed by atoms with Crippen molar-refractivity contribution in [2.24, 2.45) is 0 Å². The van der Waals surface area contributed by atoms with E-state index in [1.54, 1.807) is 0 Å². The minimum absolute atomic E-state index is 1.02. The van der Waals surface area contributed by atoms with Crippen molar-refractivity contribution in [1.82, 2.24) is 4.98 Å². The zero-order valence-corrected chi connectivity index (χ0v) is 15.7. The molecule has 2 heteroatoms. The lowest BCUT2D eigenvalue weighted by atomic mass is 10.0. The van der Waals surface area contributed by atoms with E-state index in [-0.39, 0.29) is 0 Å². The summed E-state index contributed by atoms with van der Waals surface area (Å²) in [6, 6.07) is 25.8. The van der Waals surface area contributed by atoms with Crippen molar-refractivity contribution in [3.63, 3.8) is 0 Å². The van der Waals surface area contributed by atoms with E-state index < -0.39 is 0 Å². The van der Waals surface area contributed by atoms with Crippen LogP contribution in [0, 0.1) is 0 Å². The monoisotopic (exact) mass is 354 g/mol. The molecule has 0 radical (unpaired) electrons. The quantitative estimate of drug-likeness (QED) is 0.285. The molecule has 0 atom stereocenters. The Morgan fingerprint density at radius 2 is 1.33 bits per heavy atom. The van der Waals surface area contributed by atoms with E-state index in [0.717, 1.165) is 13.0 Å². The summed E-state index contributed by atoms with van der Waals surface area (Å²) in [5.41, 5.74) is 2.48. The number of benzene rings is 3. The number of fused-ring (bicyclic) bond motifs is 2. The van der Waals surface area contributed by atoms with Gasteiger partial charge < -0.3 is 5.32 Å². The van der Waals surface area contributed by atoms with Gasteiger partial charge in [0.05, 0.1) is 0 Å². The van der Waals surface area contributed by atoms with Gasteiger partial charge in [0.2, 0.25) is 0 Å². The summed E-state index contributed by atoms with van der Waals surface area (Å²) in [5.74, 6) is 0. The van der Waals surface area contributed by atoms with Crippen LogP contribution in [0.15, 0.2) is 79.0 Å². The molecule has 0 unspecified atom stereocenters. The van der Waals surface area contributed by atoms with E-state index in [1.165, 1.54) is 58.6 Å². The van der Waals surface area contributed by atoms with Gasteiger partial charge in [0.15, 0.2) is 0 Å². The van der Waals surface area contributed by atoms with Crippen LogP contribution in [-0.2, 0) is 6.42 Å². The van der Waals surface area contributed by atoms with Crippen molar-refractivity contribution in [2.75, 3.05) is 11.9 Å².